The van der Waals surface area contributed by atoms with E-state index >= 15 is 0 Å². The first-order chi connectivity index (χ1) is 44.1. The van der Waals surface area contributed by atoms with Crippen molar-refractivity contribution in [2.24, 2.45) is 0 Å². The SMILES string of the molecule is CNc1nc(Cl)ncc1O.CNc1nc(Cl)ncc1OCC(=O)c1ccc(OC)cc1C.COc1ccc(C(=O)CBr)c(C)c1.COc1ccc(C(O)C2CNc3nc(Cl)ncc3O2)c(C)c1.COc1ccc(C2COc3cnc(Cl)nc3N2C)c(C)c1.O=CO[O-].[B].[Cs+].[Cs+].[H-].[H-].[Na+]. The van der Waals surface area contributed by atoms with Gasteiger partial charge in [-0.3, -0.25) is 14.4 Å². The molecule has 0 bridgehead atoms. The van der Waals surface area contributed by atoms with Gasteiger partial charge in [-0.25, -0.2) is 19.9 Å². The number of aliphatic hydroxyl groups excluding tert-OH is 1. The number of fused-ring (bicyclic) bond motifs is 2. The standard InChI is InChI=1S/2C15H16ClN3O3.C15H16ClN3O2.C10H11BrO2.C5H6ClN3O.CH2O3.B.2Cs.Na.2H/c1-8-5-9(21-2)3-4-10(8)13(20)11-6-17-14-12(22-11)7-18-15(16)19-14;1-9-6-10(21-3)4-5-11(9)12(20)8-22-13-7-18-15(16)19-14(13)17-2;1-9-6-10(20-3)4-5-11(9)12-8-21-13-7-17-15(16)18-14(13)19(12)2;1-7-5-8(13-2)3-4-9(7)10(12)6-11;1-7-4-3(10)2-8-5(6)9-4;2-1-4-3;;;;;;/h3-5,7,11,13,20H,6H2,1-2H3,(H,17,18,19);4-7H,8H2,1-3H3,(H,17,18,19);4-7,12H,8H2,1-3H3;3-5H,6H2,1-2H3;2,10H,1H3,(H,7,8,9);1,3H;;;;;;/q;;;;;;;3*+1;2*-1/p-1. The van der Waals surface area contributed by atoms with Crippen LogP contribution in [0.1, 0.15) is 69.1 Å². The van der Waals surface area contributed by atoms with E-state index in [1.54, 1.807) is 79.1 Å². The van der Waals surface area contributed by atoms with Crippen LogP contribution in [-0.4, -0.2) is 157 Å². The molecule has 5 N–H and O–H groups in total. The fourth-order valence-electron chi connectivity index (χ4n) is 8.64. The van der Waals surface area contributed by atoms with Crippen molar-refractivity contribution in [3.8, 4) is 46.0 Å². The van der Waals surface area contributed by atoms with Crippen molar-refractivity contribution >= 4 is 112 Å². The first-order valence-electron chi connectivity index (χ1n) is 27.2. The van der Waals surface area contributed by atoms with Crippen LogP contribution in [0.5, 0.6) is 46.0 Å². The van der Waals surface area contributed by atoms with Crippen LogP contribution in [0.3, 0.4) is 0 Å². The average Bonchev–Trinajstić information content (AvgIpc) is 0.791. The number of nitrogens with zero attached hydrogens (tertiary/aromatic N) is 9. The van der Waals surface area contributed by atoms with Gasteiger partial charge in [0.1, 0.15) is 41.8 Å². The molecule has 2 aliphatic heterocycles. The fourth-order valence-corrected chi connectivity index (χ4v) is 9.47. The number of hydrogen-bond acceptors (Lipinski definition) is 26. The molecule has 0 saturated carbocycles. The van der Waals surface area contributed by atoms with Crippen LogP contribution >= 0.6 is 62.3 Å². The molecule has 0 aliphatic carbocycles. The third kappa shape index (κ3) is 27.4. The zero-order chi connectivity index (χ0) is 67.6. The van der Waals surface area contributed by atoms with Crippen molar-refractivity contribution in [1.29, 1.82) is 0 Å². The molecule has 0 fully saturated rings. The van der Waals surface area contributed by atoms with Crippen LogP contribution < -0.4 is 227 Å². The van der Waals surface area contributed by atoms with Crippen LogP contribution in [0, 0.1) is 27.7 Å². The molecule has 0 spiro atoms. The van der Waals surface area contributed by atoms with E-state index in [0.717, 1.165) is 50.6 Å². The average molecular weight is 1710 g/mol. The molecule has 35 heteroatoms. The van der Waals surface area contributed by atoms with E-state index < -0.39 is 12.2 Å². The number of carbonyl (C=O) groups excluding carboxylic acids is 3. The summed E-state index contributed by atoms with van der Waals surface area (Å²) in [5.41, 5.74) is 7.17. The van der Waals surface area contributed by atoms with E-state index in [1.807, 2.05) is 64.2 Å². The minimum absolute atomic E-state index is 0. The summed E-state index contributed by atoms with van der Waals surface area (Å²) >= 11 is 25.9. The van der Waals surface area contributed by atoms with Gasteiger partial charge in [0.15, 0.2) is 64.4 Å². The van der Waals surface area contributed by atoms with Crippen molar-refractivity contribution in [1.82, 2.24) is 39.9 Å². The molecule has 10 rings (SSSR count). The van der Waals surface area contributed by atoms with Gasteiger partial charge in [-0.1, -0.05) is 28.1 Å². The maximum atomic E-state index is 12.3. The molecule has 4 aromatic carbocycles. The van der Waals surface area contributed by atoms with Crippen molar-refractivity contribution in [3.05, 3.63) is 163 Å². The molecular formula is C61H68BBrCl4Cs2N12NaO14. The molecule has 4 aromatic heterocycles. The summed E-state index contributed by atoms with van der Waals surface area (Å²) in [6.45, 7) is 8.41. The number of aromatic hydroxyl groups is 1. The van der Waals surface area contributed by atoms with Gasteiger partial charge in [0, 0.05) is 40.7 Å². The monoisotopic (exact) mass is 1710 g/mol. The molecule has 0 amide bonds. The Kier molecular flexibility index (Phi) is 44.0. The number of carbonyl (C=O) groups is 3. The zero-order valence-electron chi connectivity index (χ0n) is 57.2. The smallest absolute Gasteiger partial charge is 1.00 e. The van der Waals surface area contributed by atoms with Gasteiger partial charge in [-0.05, 0) is 168 Å². The summed E-state index contributed by atoms with van der Waals surface area (Å²) in [6, 6.07) is 22.4. The van der Waals surface area contributed by atoms with Crippen LogP contribution in [-0.2, 0) is 9.68 Å². The second-order valence-electron chi connectivity index (χ2n) is 19.1. The van der Waals surface area contributed by atoms with Gasteiger partial charge in [0.25, 0.3) is 6.47 Å². The largest absolute Gasteiger partial charge is 1.00 e. The topological polar surface area (TPSA) is 331 Å². The summed E-state index contributed by atoms with van der Waals surface area (Å²) in [6.07, 6.45) is 4.55. The molecule has 26 nitrogen and oxygen atoms in total. The Hall–Kier alpha value is -3.66. The van der Waals surface area contributed by atoms with Crippen LogP contribution in [0.15, 0.2) is 97.6 Å². The number of hydrogen-bond donors (Lipinski definition) is 5. The quantitative estimate of drug-likeness (QED) is 0.0170. The Morgan fingerprint density at radius 1 is 0.719 bits per heavy atom. The maximum Gasteiger partial charge on any atom is 1.00 e. The summed E-state index contributed by atoms with van der Waals surface area (Å²) in [5.74, 6) is 6.55. The molecule has 2 aliphatic rings. The summed E-state index contributed by atoms with van der Waals surface area (Å²) in [5, 5.41) is 37.6. The summed E-state index contributed by atoms with van der Waals surface area (Å²) in [7, 11) is 11.8. The minimum atomic E-state index is -0.776. The Balaban J connectivity index is 0. The Labute approximate surface area is 729 Å². The fraction of sp³-hybridized carbons (Fsp3) is 0.295. The number of likely N-dealkylation sites (N-methyl/N-ethyl adjacent to an activating group) is 1. The minimum Gasteiger partial charge on any atom is -1.00 e. The molecule has 3 radical (unpaired) electrons. The van der Waals surface area contributed by atoms with Crippen LogP contribution in [0.25, 0.3) is 0 Å². The number of benzene rings is 4. The summed E-state index contributed by atoms with van der Waals surface area (Å²) < 4.78 is 37.6. The van der Waals surface area contributed by atoms with Gasteiger partial charge < -0.3 is 77.2 Å². The first kappa shape index (κ1) is 90.3. The molecule has 497 valence electrons. The van der Waals surface area contributed by atoms with Gasteiger partial charge in [-0.15, -0.1) is 0 Å². The van der Waals surface area contributed by atoms with Gasteiger partial charge in [0.2, 0.25) is 21.1 Å². The predicted molar refractivity (Wildman–Crippen MR) is 357 cm³/mol. The van der Waals surface area contributed by atoms with E-state index in [-0.39, 0.29) is 236 Å². The normalized spacial score (nSPS) is 12.7. The van der Waals surface area contributed by atoms with Crippen molar-refractivity contribution < 1.29 is 238 Å². The molecule has 0 saturated heterocycles. The van der Waals surface area contributed by atoms with E-state index in [9.17, 15) is 14.7 Å². The van der Waals surface area contributed by atoms with Gasteiger partial charge in [0.05, 0.1) is 71.1 Å². The number of rotatable bonds is 16. The third-order valence-electron chi connectivity index (χ3n) is 13.3. The molecule has 96 heavy (non-hydrogen) atoms. The molecular weight excluding hydrogens is 1650 g/mol. The molecule has 3 atom stereocenters. The maximum absolute atomic E-state index is 12.3. The number of ketones is 2. The Morgan fingerprint density at radius 2 is 1.19 bits per heavy atom. The van der Waals surface area contributed by atoms with Crippen LogP contribution in [0.4, 0.5) is 23.3 Å². The summed E-state index contributed by atoms with van der Waals surface area (Å²) in [4.78, 5) is 68.1. The molecule has 3 unspecified atom stereocenters. The zero-order valence-corrected chi connectivity index (χ0v) is 74.3. The van der Waals surface area contributed by atoms with Crippen LogP contribution in [0.2, 0.25) is 21.1 Å². The number of aromatic nitrogens is 8. The second-order valence-corrected chi connectivity index (χ2v) is 21.0. The van der Waals surface area contributed by atoms with E-state index in [1.165, 1.54) is 24.2 Å². The third-order valence-corrected chi connectivity index (χ3v) is 14.5. The second kappa shape index (κ2) is 46.7. The number of halogens is 5. The van der Waals surface area contributed by atoms with Crippen molar-refractivity contribution in [2.75, 3.05) is 95.5 Å². The number of methoxy groups -OCH3 is 4. The van der Waals surface area contributed by atoms with E-state index in [0.29, 0.717) is 70.3 Å². The first-order valence-corrected chi connectivity index (χ1v) is 29.8. The van der Waals surface area contributed by atoms with Crippen molar-refractivity contribution in [3.63, 3.8) is 0 Å². The molecule has 6 heterocycles. The number of alkyl halides is 1. The number of aryl methyl sites for hydroxylation is 4. The Morgan fingerprint density at radius 3 is 1.69 bits per heavy atom. The number of nitrogens with one attached hydrogen (secondary N) is 3. The molecule has 8 aromatic rings. The van der Waals surface area contributed by atoms with Gasteiger partial charge >= 0.3 is 167 Å². The number of ether oxygens (including phenoxy) is 7. The predicted octanol–water partition coefficient (Wildman–Crippen LogP) is 0.870. The van der Waals surface area contributed by atoms with Crippen molar-refractivity contribution in [2.45, 2.75) is 45.9 Å². The van der Waals surface area contributed by atoms with E-state index in [4.69, 9.17) is 94.7 Å². The number of Topliss-reactive ketones (excluding diaryl/α,β-unsaturated/α-hetero) is 2. The van der Waals surface area contributed by atoms with E-state index in [2.05, 4.69) is 94.5 Å². The number of aliphatic hydroxyl groups is 1. The van der Waals surface area contributed by atoms with Gasteiger partial charge in [-0.2, -0.15) is 19.9 Å². The Bertz CT molecular complexity index is 3820. The number of anilines is 4.